The summed E-state index contributed by atoms with van der Waals surface area (Å²) >= 11 is 0.929. The van der Waals surface area contributed by atoms with Crippen LogP contribution in [0.1, 0.15) is 13.3 Å². The SMILES string of the molecule is CCC(=O)OCSN(C)S(C)(=O)=O. The number of carbonyl (C=O) groups excluding carboxylic acids is 1. The van der Waals surface area contributed by atoms with E-state index in [1.54, 1.807) is 6.92 Å². The fourth-order valence-corrected chi connectivity index (χ4v) is 1.59. The van der Waals surface area contributed by atoms with Crippen molar-refractivity contribution in [3.63, 3.8) is 0 Å². The molecule has 7 heteroatoms. The number of sulfonamides is 1. The highest BCUT2D eigenvalue weighted by Gasteiger charge is 2.11. The van der Waals surface area contributed by atoms with Crippen molar-refractivity contribution in [1.29, 1.82) is 0 Å². The average molecular weight is 227 g/mol. The first-order chi connectivity index (χ1) is 5.88. The summed E-state index contributed by atoms with van der Waals surface area (Å²) in [6.45, 7) is 1.67. The second-order valence-electron chi connectivity index (χ2n) is 2.29. The number of esters is 1. The molecule has 0 rings (SSSR count). The Labute approximate surface area is 82.6 Å². The van der Waals surface area contributed by atoms with Crippen molar-refractivity contribution < 1.29 is 17.9 Å². The normalized spacial score (nSPS) is 11.7. The molecule has 0 atom stereocenters. The molecule has 0 bridgehead atoms. The number of nitrogens with zero attached hydrogens (tertiary/aromatic N) is 1. The van der Waals surface area contributed by atoms with Crippen molar-refractivity contribution in [2.45, 2.75) is 13.3 Å². The number of carbonyl (C=O) groups is 1. The van der Waals surface area contributed by atoms with Crippen molar-refractivity contribution in [1.82, 2.24) is 3.71 Å². The lowest BCUT2D eigenvalue weighted by Gasteiger charge is -2.11. The molecule has 0 aliphatic heterocycles. The van der Waals surface area contributed by atoms with Gasteiger partial charge in [-0.15, -0.1) is 3.71 Å². The maximum absolute atomic E-state index is 10.8. The summed E-state index contributed by atoms with van der Waals surface area (Å²) in [6.07, 6.45) is 1.38. The van der Waals surface area contributed by atoms with Crippen LogP contribution in [-0.2, 0) is 19.6 Å². The first-order valence-corrected chi connectivity index (χ1v) is 6.39. The zero-order chi connectivity index (χ0) is 10.5. The number of hydrogen-bond acceptors (Lipinski definition) is 5. The second-order valence-corrected chi connectivity index (χ2v) is 5.58. The molecule has 78 valence electrons. The molecule has 0 aliphatic rings. The van der Waals surface area contributed by atoms with E-state index in [0.717, 1.165) is 21.9 Å². The minimum absolute atomic E-state index is 0.0241. The first kappa shape index (κ1) is 12.7. The molecule has 0 amide bonds. The molecule has 13 heavy (non-hydrogen) atoms. The van der Waals surface area contributed by atoms with Gasteiger partial charge in [-0.05, 0) is 11.9 Å². The summed E-state index contributed by atoms with van der Waals surface area (Å²) in [7, 11) is -1.80. The van der Waals surface area contributed by atoms with Crippen LogP contribution < -0.4 is 0 Å². The van der Waals surface area contributed by atoms with Crippen LogP contribution in [0.3, 0.4) is 0 Å². The summed E-state index contributed by atoms with van der Waals surface area (Å²) in [5.74, 6) is -0.314. The molecule has 0 aromatic heterocycles. The van der Waals surface area contributed by atoms with Crippen molar-refractivity contribution in [2.75, 3.05) is 19.2 Å². The molecule has 0 N–H and O–H groups in total. The molecule has 0 aliphatic carbocycles. The molecule has 0 unspecified atom stereocenters. The lowest BCUT2D eigenvalue weighted by Crippen LogP contribution is -2.19. The van der Waals surface area contributed by atoms with Crippen molar-refractivity contribution in [3.8, 4) is 0 Å². The number of hydrogen-bond donors (Lipinski definition) is 0. The summed E-state index contributed by atoms with van der Waals surface area (Å²) in [6, 6.07) is 0. The van der Waals surface area contributed by atoms with Crippen LogP contribution in [0.15, 0.2) is 0 Å². The third-order valence-corrected chi connectivity index (χ3v) is 3.86. The molecule has 0 spiro atoms. The molecule has 5 nitrogen and oxygen atoms in total. The Morgan fingerprint density at radius 3 is 2.46 bits per heavy atom. The topological polar surface area (TPSA) is 63.7 Å². The predicted molar refractivity (Wildman–Crippen MR) is 51.4 cm³/mol. The predicted octanol–water partition coefficient (Wildman–Crippen LogP) is 0.437. The van der Waals surface area contributed by atoms with Crippen LogP contribution in [0.25, 0.3) is 0 Å². The van der Waals surface area contributed by atoms with Crippen LogP contribution in [0.4, 0.5) is 0 Å². The van der Waals surface area contributed by atoms with Gasteiger partial charge in [0.1, 0.15) is 0 Å². The Morgan fingerprint density at radius 2 is 2.08 bits per heavy atom. The van der Waals surface area contributed by atoms with Gasteiger partial charge in [-0.3, -0.25) is 4.79 Å². The van der Waals surface area contributed by atoms with E-state index in [1.807, 2.05) is 0 Å². The molecule has 0 heterocycles. The Morgan fingerprint density at radius 1 is 1.54 bits per heavy atom. The molecule has 0 aromatic rings. The van der Waals surface area contributed by atoms with E-state index >= 15 is 0 Å². The number of ether oxygens (including phenoxy) is 1. The molecule has 0 saturated carbocycles. The van der Waals surface area contributed by atoms with Crippen molar-refractivity contribution >= 4 is 27.9 Å². The molecular weight excluding hydrogens is 214 g/mol. The van der Waals surface area contributed by atoms with Crippen LogP contribution in [0, 0.1) is 0 Å². The summed E-state index contributed by atoms with van der Waals surface area (Å²) in [5, 5.41) is 0. The monoisotopic (exact) mass is 227 g/mol. The van der Waals surface area contributed by atoms with E-state index in [2.05, 4.69) is 4.74 Å². The summed E-state index contributed by atoms with van der Waals surface area (Å²) < 4.78 is 27.4. The summed E-state index contributed by atoms with van der Waals surface area (Å²) in [5.41, 5.74) is 0. The molecule has 0 aromatic carbocycles. The largest absolute Gasteiger partial charge is 0.453 e. The third kappa shape index (κ3) is 5.89. The lowest BCUT2D eigenvalue weighted by molar-refractivity contribution is -0.141. The third-order valence-electron chi connectivity index (χ3n) is 1.21. The van der Waals surface area contributed by atoms with Crippen LogP contribution >= 0.6 is 11.9 Å². The van der Waals surface area contributed by atoms with E-state index in [1.165, 1.54) is 7.05 Å². The average Bonchev–Trinajstić information content (AvgIpc) is 2.02. The fourth-order valence-electron chi connectivity index (χ4n) is 0.364. The van der Waals surface area contributed by atoms with Gasteiger partial charge >= 0.3 is 5.97 Å². The maximum atomic E-state index is 10.8. The Balaban J connectivity index is 3.73. The highest BCUT2D eigenvalue weighted by Crippen LogP contribution is 2.11. The van der Waals surface area contributed by atoms with Gasteiger partial charge in [0.05, 0.1) is 6.26 Å². The first-order valence-electron chi connectivity index (χ1n) is 3.60. The Bertz CT molecular complexity index is 262. The Hall–Kier alpha value is -0.270. The van der Waals surface area contributed by atoms with Crippen LogP contribution in [0.5, 0.6) is 0 Å². The fraction of sp³-hybridized carbons (Fsp3) is 0.833. The van der Waals surface area contributed by atoms with E-state index in [9.17, 15) is 13.2 Å². The smallest absolute Gasteiger partial charge is 0.306 e. The van der Waals surface area contributed by atoms with Gasteiger partial charge in [-0.2, -0.15) is 0 Å². The quantitative estimate of drug-likeness (QED) is 0.387. The number of rotatable bonds is 5. The standard InChI is InChI=1S/C6H13NO4S2/c1-4-6(8)11-5-12-7(2)13(3,9)10/h4-5H2,1-3H3. The molecular formula is C6H13NO4S2. The summed E-state index contributed by atoms with van der Waals surface area (Å²) in [4.78, 5) is 10.6. The second kappa shape index (κ2) is 5.46. The Kier molecular flexibility index (Phi) is 5.34. The lowest BCUT2D eigenvalue weighted by atomic mass is 10.5. The van der Waals surface area contributed by atoms with E-state index in [4.69, 9.17) is 0 Å². The van der Waals surface area contributed by atoms with Gasteiger partial charge in [0, 0.05) is 13.5 Å². The van der Waals surface area contributed by atoms with Gasteiger partial charge in [0.15, 0.2) is 5.94 Å². The van der Waals surface area contributed by atoms with Gasteiger partial charge in [-0.1, -0.05) is 6.92 Å². The highest BCUT2D eigenvalue weighted by atomic mass is 32.3. The van der Waals surface area contributed by atoms with Gasteiger partial charge in [0.2, 0.25) is 10.0 Å². The molecule has 0 radical (unpaired) electrons. The van der Waals surface area contributed by atoms with Crippen LogP contribution in [-0.4, -0.2) is 37.3 Å². The zero-order valence-corrected chi connectivity index (χ0v) is 9.44. The van der Waals surface area contributed by atoms with Crippen molar-refractivity contribution in [3.05, 3.63) is 0 Å². The van der Waals surface area contributed by atoms with Gasteiger partial charge in [0.25, 0.3) is 0 Å². The van der Waals surface area contributed by atoms with E-state index < -0.39 is 10.0 Å². The van der Waals surface area contributed by atoms with Gasteiger partial charge in [-0.25, -0.2) is 8.42 Å². The van der Waals surface area contributed by atoms with Crippen LogP contribution in [0.2, 0.25) is 0 Å². The van der Waals surface area contributed by atoms with Crippen molar-refractivity contribution in [2.24, 2.45) is 0 Å². The van der Waals surface area contributed by atoms with E-state index in [-0.39, 0.29) is 11.9 Å². The van der Waals surface area contributed by atoms with Gasteiger partial charge < -0.3 is 4.74 Å². The maximum Gasteiger partial charge on any atom is 0.306 e. The zero-order valence-electron chi connectivity index (χ0n) is 7.81. The molecule has 0 saturated heterocycles. The molecule has 0 fully saturated rings. The van der Waals surface area contributed by atoms with E-state index in [0.29, 0.717) is 6.42 Å². The minimum Gasteiger partial charge on any atom is -0.453 e. The highest BCUT2D eigenvalue weighted by molar-refractivity contribution is 8.08. The minimum atomic E-state index is -3.20.